The van der Waals surface area contributed by atoms with Gasteiger partial charge in [0.05, 0.1) is 0 Å². The van der Waals surface area contributed by atoms with Gasteiger partial charge in [-0.3, -0.25) is 0 Å². The fourth-order valence-electron chi connectivity index (χ4n) is 1.07. The summed E-state index contributed by atoms with van der Waals surface area (Å²) >= 11 is 0. The molecule has 2 nitrogen and oxygen atoms in total. The fourth-order valence-corrected chi connectivity index (χ4v) is 1.07. The Balaban J connectivity index is 2.48. The molecule has 2 heteroatoms. The normalized spacial score (nSPS) is 15.6. The Morgan fingerprint density at radius 2 is 2.00 bits per heavy atom. The Bertz CT molecular complexity index is 224. The first-order valence-corrected chi connectivity index (χ1v) is 3.76. The quantitative estimate of drug-likeness (QED) is 0.406. The summed E-state index contributed by atoms with van der Waals surface area (Å²) in [7, 11) is 0. The molecule has 58 valence electrons. The Hall–Kier alpha value is -1.18. The van der Waals surface area contributed by atoms with Gasteiger partial charge in [0.1, 0.15) is 0 Å². The number of nitrogens with zero attached hydrogens (tertiary/aromatic N) is 2. The molecular weight excluding hydrogens is 136 g/mol. The van der Waals surface area contributed by atoms with Crippen molar-refractivity contribution in [3.8, 4) is 0 Å². The van der Waals surface area contributed by atoms with Crippen molar-refractivity contribution in [3.05, 3.63) is 25.3 Å². The molecule has 0 fully saturated rings. The molecule has 0 aromatic heterocycles. The largest absolute Gasteiger partial charge is 0.402 e. The molecule has 1 aliphatic rings. The summed E-state index contributed by atoms with van der Waals surface area (Å²) < 4.78 is 4.31. The Labute approximate surface area is 67.5 Å². The van der Waals surface area contributed by atoms with Gasteiger partial charge in [-0.1, -0.05) is 13.2 Å². The Morgan fingerprint density at radius 3 is 2.64 bits per heavy atom. The lowest BCUT2D eigenvalue weighted by Crippen LogP contribution is -2.11. The monoisotopic (exact) mass is 150 g/mol. The van der Waals surface area contributed by atoms with Crippen LogP contribution in [0.4, 0.5) is 0 Å². The average Bonchev–Trinajstić information content (AvgIpc) is 2.38. The van der Waals surface area contributed by atoms with E-state index >= 15 is 0 Å². The van der Waals surface area contributed by atoms with Gasteiger partial charge in [0, 0.05) is 0 Å². The third-order valence-electron chi connectivity index (χ3n) is 1.57. The molecule has 0 N–H and O–H groups in total. The van der Waals surface area contributed by atoms with E-state index in [4.69, 9.17) is 0 Å². The van der Waals surface area contributed by atoms with E-state index in [0.29, 0.717) is 0 Å². The molecule has 0 aromatic rings. The number of hydrogen-bond donors (Lipinski definition) is 0. The van der Waals surface area contributed by atoms with Crippen molar-refractivity contribution in [3.63, 3.8) is 0 Å². The van der Waals surface area contributed by atoms with Crippen molar-refractivity contribution in [2.75, 3.05) is 19.6 Å². The molecule has 0 atom stereocenters. The van der Waals surface area contributed by atoms with Gasteiger partial charge in [0.15, 0.2) is 13.1 Å². The number of hydrogen-bond acceptors (Lipinski definition) is 0. The average molecular weight is 150 g/mol. The molecule has 0 radical (unpaired) electrons. The lowest BCUT2D eigenvalue weighted by atomic mass is 10.6. The van der Waals surface area contributed by atoms with Crippen LogP contribution in [0.1, 0.15) is 0 Å². The van der Waals surface area contributed by atoms with E-state index in [9.17, 15) is 0 Å². The summed E-state index contributed by atoms with van der Waals surface area (Å²) in [5.74, 6) is 0. The maximum absolute atomic E-state index is 3.68. The van der Waals surface area contributed by atoms with Crippen LogP contribution in [0.15, 0.2) is 25.3 Å². The molecule has 1 aliphatic heterocycles. The van der Waals surface area contributed by atoms with Gasteiger partial charge in [0.2, 0.25) is 12.8 Å². The van der Waals surface area contributed by atoms with E-state index in [1.807, 2.05) is 12.2 Å². The molecule has 0 aromatic carbocycles. The van der Waals surface area contributed by atoms with E-state index in [1.54, 1.807) is 0 Å². The highest BCUT2D eigenvalue weighted by atomic mass is 15.2. The van der Waals surface area contributed by atoms with E-state index in [2.05, 4.69) is 34.9 Å². The summed E-state index contributed by atoms with van der Waals surface area (Å²) in [5.41, 5.74) is 0. The highest BCUT2D eigenvalue weighted by Crippen LogP contribution is 1.83. The SMILES string of the molecule is C=CC[N+]1=CC[N+](CC=C)=C1. The molecule has 0 unspecified atom stereocenters. The predicted octanol–water partition coefficient (Wildman–Crippen LogP) is 0.496. The summed E-state index contributed by atoms with van der Waals surface area (Å²) in [4.78, 5) is 0. The molecule has 1 heterocycles. The zero-order chi connectivity index (χ0) is 8.10. The molecule has 0 aliphatic carbocycles. The third kappa shape index (κ3) is 2.15. The van der Waals surface area contributed by atoms with Gasteiger partial charge < -0.3 is 0 Å². The van der Waals surface area contributed by atoms with Crippen molar-refractivity contribution in [1.82, 2.24) is 0 Å². The van der Waals surface area contributed by atoms with Gasteiger partial charge in [-0.05, 0) is 12.2 Å². The Morgan fingerprint density at radius 1 is 1.27 bits per heavy atom. The predicted molar refractivity (Wildman–Crippen MR) is 47.6 cm³/mol. The maximum Gasteiger partial charge on any atom is 0.402 e. The zero-order valence-corrected chi connectivity index (χ0v) is 6.74. The zero-order valence-electron chi connectivity index (χ0n) is 6.74. The Kier molecular flexibility index (Phi) is 2.78. The highest BCUT2D eigenvalue weighted by molar-refractivity contribution is 5.62. The van der Waals surface area contributed by atoms with Crippen LogP contribution in [0, 0.1) is 0 Å². The second-order valence-electron chi connectivity index (χ2n) is 2.53. The van der Waals surface area contributed by atoms with Crippen LogP contribution in [0.5, 0.6) is 0 Å². The molecule has 0 saturated carbocycles. The minimum atomic E-state index is 0.896. The van der Waals surface area contributed by atoms with Crippen molar-refractivity contribution < 1.29 is 9.15 Å². The molecule has 1 rings (SSSR count). The molecule has 0 bridgehead atoms. The molecule has 0 spiro atoms. The molecule has 0 amide bonds. The minimum absolute atomic E-state index is 0.896. The first-order chi connectivity index (χ1) is 5.36. The highest BCUT2D eigenvalue weighted by Gasteiger charge is 2.16. The van der Waals surface area contributed by atoms with E-state index in [0.717, 1.165) is 19.6 Å². The van der Waals surface area contributed by atoms with Crippen molar-refractivity contribution >= 4 is 12.6 Å². The first kappa shape index (κ1) is 7.92. The maximum atomic E-state index is 3.68. The van der Waals surface area contributed by atoms with Crippen LogP contribution in [-0.4, -0.2) is 41.3 Å². The fraction of sp³-hybridized carbons (Fsp3) is 0.333. The molecule has 0 saturated heterocycles. The van der Waals surface area contributed by atoms with Crippen LogP contribution < -0.4 is 0 Å². The van der Waals surface area contributed by atoms with Crippen molar-refractivity contribution in [1.29, 1.82) is 0 Å². The summed E-state index contributed by atoms with van der Waals surface area (Å²) in [6, 6.07) is 0. The van der Waals surface area contributed by atoms with Crippen LogP contribution in [0.25, 0.3) is 0 Å². The molecule has 11 heavy (non-hydrogen) atoms. The van der Waals surface area contributed by atoms with Gasteiger partial charge in [-0.15, -0.1) is 4.58 Å². The third-order valence-corrected chi connectivity index (χ3v) is 1.57. The number of rotatable bonds is 4. The molecular formula is C9H14N2+2. The van der Waals surface area contributed by atoms with Crippen LogP contribution >= 0.6 is 0 Å². The van der Waals surface area contributed by atoms with Gasteiger partial charge in [-0.2, -0.15) is 4.58 Å². The van der Waals surface area contributed by atoms with Crippen LogP contribution in [0.2, 0.25) is 0 Å². The first-order valence-electron chi connectivity index (χ1n) is 3.76. The van der Waals surface area contributed by atoms with E-state index < -0.39 is 0 Å². The van der Waals surface area contributed by atoms with E-state index in [-0.39, 0.29) is 0 Å². The van der Waals surface area contributed by atoms with Crippen LogP contribution in [0.3, 0.4) is 0 Å². The van der Waals surface area contributed by atoms with Crippen molar-refractivity contribution in [2.45, 2.75) is 0 Å². The van der Waals surface area contributed by atoms with Crippen molar-refractivity contribution in [2.24, 2.45) is 0 Å². The van der Waals surface area contributed by atoms with Gasteiger partial charge in [-0.25, -0.2) is 0 Å². The summed E-state index contributed by atoms with van der Waals surface area (Å²) in [6.45, 7) is 10.2. The standard InChI is InChI=1S/C9H14N2/c1-3-5-10-7-8-11(9-10)6-4-2/h3-4,7,9H,1-2,5-6,8H2/q+2. The van der Waals surface area contributed by atoms with Gasteiger partial charge in [0.25, 0.3) is 0 Å². The van der Waals surface area contributed by atoms with E-state index in [1.165, 1.54) is 0 Å². The van der Waals surface area contributed by atoms with Gasteiger partial charge >= 0.3 is 6.34 Å². The van der Waals surface area contributed by atoms with Crippen LogP contribution in [-0.2, 0) is 0 Å². The topological polar surface area (TPSA) is 6.02 Å². The second-order valence-corrected chi connectivity index (χ2v) is 2.53. The minimum Gasteiger partial charge on any atom is -0.167 e. The lowest BCUT2D eigenvalue weighted by Gasteiger charge is -1.83. The lowest BCUT2D eigenvalue weighted by molar-refractivity contribution is -0.525. The summed E-state index contributed by atoms with van der Waals surface area (Å²) in [6.07, 6.45) is 8.03. The summed E-state index contributed by atoms with van der Waals surface area (Å²) in [5, 5.41) is 0. The second kappa shape index (κ2) is 3.86. The smallest absolute Gasteiger partial charge is 0.167 e.